The van der Waals surface area contributed by atoms with E-state index in [4.69, 9.17) is 4.74 Å². The van der Waals surface area contributed by atoms with Gasteiger partial charge in [-0.1, -0.05) is 0 Å². The second-order valence-electron chi connectivity index (χ2n) is 4.75. The summed E-state index contributed by atoms with van der Waals surface area (Å²) in [5.74, 6) is 2.17. The van der Waals surface area contributed by atoms with Gasteiger partial charge in [-0.2, -0.15) is 0 Å². The molecule has 0 aromatic carbocycles. The molecule has 94 valence electrons. The van der Waals surface area contributed by atoms with Crippen molar-refractivity contribution in [2.45, 2.75) is 19.4 Å². The third-order valence-electron chi connectivity index (χ3n) is 3.69. The number of anilines is 1. The van der Waals surface area contributed by atoms with Gasteiger partial charge >= 0.3 is 0 Å². The first-order valence-electron chi connectivity index (χ1n) is 6.46. The van der Waals surface area contributed by atoms with Crippen LogP contribution >= 0.6 is 0 Å². The maximum atomic E-state index is 5.40. The zero-order valence-electron chi connectivity index (χ0n) is 10.2. The SMILES string of the molecule is c1nc(N2CCOCC2)c2c(n1)nc1n2CCC1. The van der Waals surface area contributed by atoms with Gasteiger partial charge in [0.15, 0.2) is 11.5 Å². The first kappa shape index (κ1) is 10.3. The van der Waals surface area contributed by atoms with E-state index in [1.54, 1.807) is 6.33 Å². The molecule has 0 unspecified atom stereocenters. The number of ether oxygens (including phenoxy) is 1. The number of imidazole rings is 1. The lowest BCUT2D eigenvalue weighted by Gasteiger charge is -2.28. The number of morpholine rings is 1. The van der Waals surface area contributed by atoms with Crippen LogP contribution in [0.15, 0.2) is 6.33 Å². The molecule has 18 heavy (non-hydrogen) atoms. The highest BCUT2D eigenvalue weighted by Gasteiger charge is 2.23. The highest BCUT2D eigenvalue weighted by Crippen LogP contribution is 2.28. The van der Waals surface area contributed by atoms with Crippen LogP contribution < -0.4 is 4.90 Å². The lowest BCUT2D eigenvalue weighted by molar-refractivity contribution is 0.122. The van der Waals surface area contributed by atoms with E-state index in [9.17, 15) is 0 Å². The van der Waals surface area contributed by atoms with Crippen LogP contribution in [0, 0.1) is 0 Å². The molecule has 2 aliphatic rings. The van der Waals surface area contributed by atoms with Crippen LogP contribution in [0.4, 0.5) is 5.82 Å². The van der Waals surface area contributed by atoms with Gasteiger partial charge in [0.05, 0.1) is 13.2 Å². The number of aryl methyl sites for hydroxylation is 2. The molecule has 0 saturated carbocycles. The van der Waals surface area contributed by atoms with E-state index in [0.717, 1.165) is 62.1 Å². The Labute approximate surface area is 105 Å². The molecule has 0 bridgehead atoms. The summed E-state index contributed by atoms with van der Waals surface area (Å²) in [6, 6.07) is 0. The Kier molecular flexibility index (Phi) is 2.23. The molecule has 0 aliphatic carbocycles. The molecule has 6 nitrogen and oxygen atoms in total. The molecular formula is C12H15N5O. The van der Waals surface area contributed by atoms with Gasteiger partial charge in [-0.05, 0) is 6.42 Å². The average Bonchev–Trinajstić information content (AvgIpc) is 2.99. The van der Waals surface area contributed by atoms with E-state index in [1.165, 1.54) is 6.42 Å². The van der Waals surface area contributed by atoms with Gasteiger partial charge in [-0.25, -0.2) is 15.0 Å². The molecule has 2 aromatic heterocycles. The number of hydrogen-bond acceptors (Lipinski definition) is 5. The lowest BCUT2D eigenvalue weighted by atomic mass is 10.3. The standard InChI is InChI=1S/C12H15N5O/c1-2-9-15-11-10(17(9)3-1)12(14-8-13-11)16-4-6-18-7-5-16/h8H,1-7H2. The van der Waals surface area contributed by atoms with Gasteiger partial charge in [0, 0.05) is 26.1 Å². The Morgan fingerprint density at radius 2 is 2.00 bits per heavy atom. The predicted octanol–water partition coefficient (Wildman–Crippen LogP) is 0.609. The summed E-state index contributed by atoms with van der Waals surface area (Å²) in [7, 11) is 0. The van der Waals surface area contributed by atoms with Gasteiger partial charge in [0.1, 0.15) is 17.7 Å². The third-order valence-corrected chi connectivity index (χ3v) is 3.69. The van der Waals surface area contributed by atoms with Crippen LogP contribution in [0.3, 0.4) is 0 Å². The van der Waals surface area contributed by atoms with Crippen LogP contribution in [0.2, 0.25) is 0 Å². The number of hydrogen-bond donors (Lipinski definition) is 0. The summed E-state index contributed by atoms with van der Waals surface area (Å²) >= 11 is 0. The smallest absolute Gasteiger partial charge is 0.183 e. The number of aromatic nitrogens is 4. The Morgan fingerprint density at radius 3 is 2.89 bits per heavy atom. The predicted molar refractivity (Wildman–Crippen MR) is 66.7 cm³/mol. The molecule has 2 aromatic rings. The fourth-order valence-corrected chi connectivity index (χ4v) is 2.83. The molecule has 4 rings (SSSR count). The topological polar surface area (TPSA) is 56.1 Å². The quantitative estimate of drug-likeness (QED) is 0.736. The van der Waals surface area contributed by atoms with Crippen molar-refractivity contribution in [3.05, 3.63) is 12.2 Å². The maximum absolute atomic E-state index is 5.40. The van der Waals surface area contributed by atoms with Crippen molar-refractivity contribution in [3.63, 3.8) is 0 Å². The van der Waals surface area contributed by atoms with Crippen LogP contribution in [0.25, 0.3) is 11.2 Å². The molecule has 4 heterocycles. The average molecular weight is 245 g/mol. The fourth-order valence-electron chi connectivity index (χ4n) is 2.83. The lowest BCUT2D eigenvalue weighted by Crippen LogP contribution is -2.37. The van der Waals surface area contributed by atoms with Gasteiger partial charge in [-0.15, -0.1) is 0 Å². The van der Waals surface area contributed by atoms with Crippen LogP contribution in [-0.4, -0.2) is 45.8 Å². The fraction of sp³-hybridized carbons (Fsp3) is 0.583. The second-order valence-corrected chi connectivity index (χ2v) is 4.75. The summed E-state index contributed by atoms with van der Waals surface area (Å²) in [6.07, 6.45) is 3.85. The van der Waals surface area contributed by atoms with Gasteiger partial charge < -0.3 is 14.2 Å². The minimum Gasteiger partial charge on any atom is -0.378 e. The first-order chi connectivity index (χ1) is 8.93. The Bertz CT molecular complexity index is 587. The molecule has 0 amide bonds. The Morgan fingerprint density at radius 1 is 1.11 bits per heavy atom. The molecule has 6 heteroatoms. The van der Waals surface area contributed by atoms with Crippen LogP contribution in [0.1, 0.15) is 12.2 Å². The summed E-state index contributed by atoms with van der Waals surface area (Å²) in [5.41, 5.74) is 1.94. The zero-order chi connectivity index (χ0) is 11.9. The van der Waals surface area contributed by atoms with E-state index in [2.05, 4.69) is 24.4 Å². The number of nitrogens with zero attached hydrogens (tertiary/aromatic N) is 5. The highest BCUT2D eigenvalue weighted by atomic mass is 16.5. The van der Waals surface area contributed by atoms with E-state index >= 15 is 0 Å². The third kappa shape index (κ3) is 1.42. The first-order valence-corrected chi connectivity index (χ1v) is 6.46. The molecule has 0 N–H and O–H groups in total. The minimum absolute atomic E-state index is 0.770. The maximum Gasteiger partial charge on any atom is 0.183 e. The van der Waals surface area contributed by atoms with Crippen LogP contribution in [0.5, 0.6) is 0 Å². The van der Waals surface area contributed by atoms with Crippen molar-refractivity contribution in [1.82, 2.24) is 19.5 Å². The van der Waals surface area contributed by atoms with Crippen molar-refractivity contribution in [2.24, 2.45) is 0 Å². The number of rotatable bonds is 1. The normalized spacial score (nSPS) is 19.4. The molecule has 0 atom stereocenters. The van der Waals surface area contributed by atoms with Gasteiger partial charge in [-0.3, -0.25) is 0 Å². The second kappa shape index (κ2) is 3.91. The number of fused-ring (bicyclic) bond motifs is 3. The van der Waals surface area contributed by atoms with E-state index in [-0.39, 0.29) is 0 Å². The Balaban J connectivity index is 1.88. The largest absolute Gasteiger partial charge is 0.378 e. The Hall–Kier alpha value is -1.69. The van der Waals surface area contributed by atoms with Crippen molar-refractivity contribution in [1.29, 1.82) is 0 Å². The highest BCUT2D eigenvalue weighted by molar-refractivity contribution is 5.84. The molecule has 1 saturated heterocycles. The van der Waals surface area contributed by atoms with Gasteiger partial charge in [0.2, 0.25) is 0 Å². The van der Waals surface area contributed by atoms with Crippen molar-refractivity contribution >= 4 is 17.0 Å². The molecule has 2 aliphatic heterocycles. The summed E-state index contributed by atoms with van der Waals surface area (Å²) in [6.45, 7) is 4.37. The molecule has 1 fully saturated rings. The van der Waals surface area contributed by atoms with Crippen molar-refractivity contribution in [2.75, 3.05) is 31.2 Å². The van der Waals surface area contributed by atoms with Crippen LogP contribution in [-0.2, 0) is 17.7 Å². The summed E-state index contributed by atoms with van der Waals surface area (Å²) in [5, 5.41) is 0. The van der Waals surface area contributed by atoms with Crippen molar-refractivity contribution in [3.8, 4) is 0 Å². The van der Waals surface area contributed by atoms with Gasteiger partial charge in [0.25, 0.3) is 0 Å². The molecule has 0 spiro atoms. The molecule has 0 radical (unpaired) electrons. The summed E-state index contributed by atoms with van der Waals surface area (Å²) in [4.78, 5) is 15.7. The van der Waals surface area contributed by atoms with E-state index < -0.39 is 0 Å². The monoisotopic (exact) mass is 245 g/mol. The molecular weight excluding hydrogens is 230 g/mol. The minimum atomic E-state index is 0.770. The van der Waals surface area contributed by atoms with E-state index in [0.29, 0.717) is 0 Å². The summed E-state index contributed by atoms with van der Waals surface area (Å²) < 4.78 is 7.68. The van der Waals surface area contributed by atoms with Crippen molar-refractivity contribution < 1.29 is 4.74 Å². The van der Waals surface area contributed by atoms with E-state index in [1.807, 2.05) is 0 Å². The zero-order valence-corrected chi connectivity index (χ0v) is 10.2.